The van der Waals surface area contributed by atoms with Crippen LogP contribution in [0.5, 0.6) is 0 Å². The lowest BCUT2D eigenvalue weighted by Crippen LogP contribution is -2.42. The van der Waals surface area contributed by atoms with Crippen molar-refractivity contribution in [3.8, 4) is 0 Å². The van der Waals surface area contributed by atoms with Crippen molar-refractivity contribution in [1.82, 2.24) is 24.3 Å². The van der Waals surface area contributed by atoms with Crippen LogP contribution in [-0.4, -0.2) is 81.9 Å². The molecule has 0 radical (unpaired) electrons. The monoisotopic (exact) mass is 427 g/mol. The number of carbonyl (C=O) groups excluding carboxylic acids is 2. The normalized spacial score (nSPS) is 22.9. The van der Waals surface area contributed by atoms with Crippen molar-refractivity contribution in [1.29, 1.82) is 0 Å². The number of amides is 2. The second-order valence-electron chi connectivity index (χ2n) is 8.39. The van der Waals surface area contributed by atoms with E-state index in [1.54, 1.807) is 6.92 Å². The first-order valence-electron chi connectivity index (χ1n) is 10.6. The molecular weight excluding hydrogens is 398 g/mol. The minimum Gasteiger partial charge on any atom is -0.341 e. The van der Waals surface area contributed by atoms with E-state index in [0.29, 0.717) is 25.6 Å². The molecule has 2 aliphatic rings. The number of carbonyl (C=O) groups is 2. The topological polar surface area (TPSA) is 69.6 Å². The van der Waals surface area contributed by atoms with Crippen molar-refractivity contribution in [2.24, 2.45) is 0 Å². The standard InChI is InChI=1S/C22H29N5O2S/c1-16-4-6-18(7-5-16)19-12-25(13-20(19)21-15-30-24-23-21)14-22(29)27-9-3-8-26(10-11-27)17(2)28/h4-7,15,19-20H,3,8-14H2,1-2H3/t19-,20+/m0/s1. The Balaban J connectivity index is 1.44. The Hall–Kier alpha value is -2.32. The summed E-state index contributed by atoms with van der Waals surface area (Å²) >= 11 is 1.38. The molecule has 0 unspecified atom stereocenters. The van der Waals surface area contributed by atoms with Crippen LogP contribution < -0.4 is 0 Å². The van der Waals surface area contributed by atoms with Gasteiger partial charge in [0.2, 0.25) is 11.8 Å². The van der Waals surface area contributed by atoms with Crippen molar-refractivity contribution in [3.05, 3.63) is 46.5 Å². The first-order valence-corrected chi connectivity index (χ1v) is 11.4. The summed E-state index contributed by atoms with van der Waals surface area (Å²) in [6.07, 6.45) is 0.838. The number of hydrogen-bond acceptors (Lipinski definition) is 6. The Morgan fingerprint density at radius 1 is 1.03 bits per heavy atom. The average Bonchev–Trinajstić information content (AvgIpc) is 3.32. The van der Waals surface area contributed by atoms with Crippen LogP contribution in [0.4, 0.5) is 0 Å². The molecule has 2 amide bonds. The Bertz CT molecular complexity index is 870. The van der Waals surface area contributed by atoms with Gasteiger partial charge in [0.25, 0.3) is 0 Å². The molecule has 30 heavy (non-hydrogen) atoms. The van der Waals surface area contributed by atoms with Gasteiger partial charge in [-0.25, -0.2) is 0 Å². The molecule has 0 spiro atoms. The highest BCUT2D eigenvalue weighted by molar-refractivity contribution is 7.03. The summed E-state index contributed by atoms with van der Waals surface area (Å²) in [5.41, 5.74) is 3.56. The van der Waals surface area contributed by atoms with Gasteiger partial charge in [0, 0.05) is 63.4 Å². The van der Waals surface area contributed by atoms with Crippen molar-refractivity contribution >= 4 is 23.3 Å². The molecule has 8 heteroatoms. The Morgan fingerprint density at radius 3 is 2.43 bits per heavy atom. The van der Waals surface area contributed by atoms with E-state index >= 15 is 0 Å². The molecule has 0 saturated carbocycles. The third-order valence-electron chi connectivity index (χ3n) is 6.31. The molecule has 2 atom stereocenters. The summed E-state index contributed by atoms with van der Waals surface area (Å²) in [7, 11) is 0. The summed E-state index contributed by atoms with van der Waals surface area (Å²) in [6, 6.07) is 8.70. The largest absolute Gasteiger partial charge is 0.341 e. The highest BCUT2D eigenvalue weighted by Crippen LogP contribution is 2.39. The minimum absolute atomic E-state index is 0.0875. The van der Waals surface area contributed by atoms with E-state index in [0.717, 1.165) is 38.3 Å². The van der Waals surface area contributed by atoms with E-state index in [2.05, 4.69) is 45.7 Å². The van der Waals surface area contributed by atoms with Crippen LogP contribution in [0.15, 0.2) is 29.6 Å². The fourth-order valence-corrected chi connectivity index (χ4v) is 5.09. The maximum atomic E-state index is 13.0. The minimum atomic E-state index is 0.0875. The first-order chi connectivity index (χ1) is 14.5. The molecule has 1 aromatic heterocycles. The molecule has 0 aliphatic carbocycles. The van der Waals surface area contributed by atoms with E-state index in [9.17, 15) is 9.59 Å². The predicted molar refractivity (Wildman–Crippen MR) is 116 cm³/mol. The van der Waals surface area contributed by atoms with Crippen LogP contribution >= 0.6 is 11.5 Å². The number of rotatable bonds is 4. The van der Waals surface area contributed by atoms with E-state index in [1.807, 2.05) is 15.2 Å². The number of likely N-dealkylation sites (tertiary alicyclic amines) is 1. The number of aromatic nitrogens is 2. The van der Waals surface area contributed by atoms with Gasteiger partial charge in [-0.05, 0) is 30.4 Å². The molecule has 0 bridgehead atoms. The molecule has 2 saturated heterocycles. The van der Waals surface area contributed by atoms with Gasteiger partial charge in [0.15, 0.2) is 0 Å². The molecule has 2 aromatic rings. The van der Waals surface area contributed by atoms with Gasteiger partial charge in [-0.1, -0.05) is 34.3 Å². The fourth-order valence-electron chi connectivity index (χ4n) is 4.57. The molecule has 7 nitrogen and oxygen atoms in total. The average molecular weight is 428 g/mol. The van der Waals surface area contributed by atoms with Gasteiger partial charge in [-0.3, -0.25) is 14.5 Å². The number of nitrogens with zero attached hydrogens (tertiary/aromatic N) is 5. The maximum absolute atomic E-state index is 13.0. The number of hydrogen-bond donors (Lipinski definition) is 0. The third kappa shape index (κ3) is 4.70. The highest BCUT2D eigenvalue weighted by atomic mass is 32.1. The van der Waals surface area contributed by atoms with Crippen LogP contribution in [0.2, 0.25) is 0 Å². The molecule has 2 aliphatic heterocycles. The second-order valence-corrected chi connectivity index (χ2v) is 9.00. The number of aryl methyl sites for hydroxylation is 1. The first kappa shape index (κ1) is 20.9. The summed E-state index contributed by atoms with van der Waals surface area (Å²) in [6.45, 7) is 8.45. The fraction of sp³-hybridized carbons (Fsp3) is 0.545. The predicted octanol–water partition coefficient (Wildman–Crippen LogP) is 2.11. The van der Waals surface area contributed by atoms with Gasteiger partial charge in [-0.15, -0.1) is 5.10 Å². The SMILES string of the molecule is CC(=O)N1CCCN(C(=O)CN2C[C@@H](c3ccc(C)cc3)[C@H](c3csnn3)C2)CC1. The summed E-state index contributed by atoms with van der Waals surface area (Å²) in [4.78, 5) is 30.7. The Morgan fingerprint density at radius 2 is 1.73 bits per heavy atom. The zero-order valence-corrected chi connectivity index (χ0v) is 18.5. The van der Waals surface area contributed by atoms with Gasteiger partial charge in [0.1, 0.15) is 0 Å². The number of benzene rings is 1. The van der Waals surface area contributed by atoms with Crippen LogP contribution in [-0.2, 0) is 9.59 Å². The van der Waals surface area contributed by atoms with Crippen LogP contribution in [0.1, 0.15) is 42.0 Å². The summed E-state index contributed by atoms with van der Waals surface area (Å²) < 4.78 is 4.07. The Labute approximate surface area is 181 Å². The van der Waals surface area contributed by atoms with Gasteiger partial charge in [-0.2, -0.15) is 0 Å². The van der Waals surface area contributed by atoms with Gasteiger partial charge < -0.3 is 9.80 Å². The lowest BCUT2D eigenvalue weighted by molar-refractivity contribution is -0.133. The van der Waals surface area contributed by atoms with Crippen molar-refractivity contribution in [2.45, 2.75) is 32.1 Å². The van der Waals surface area contributed by atoms with E-state index in [1.165, 1.54) is 22.7 Å². The molecule has 2 fully saturated rings. The quantitative estimate of drug-likeness (QED) is 0.748. The smallest absolute Gasteiger partial charge is 0.236 e. The van der Waals surface area contributed by atoms with Crippen LogP contribution in [0.25, 0.3) is 0 Å². The molecule has 3 heterocycles. The summed E-state index contributed by atoms with van der Waals surface area (Å²) in [5.74, 6) is 0.792. The maximum Gasteiger partial charge on any atom is 0.236 e. The van der Waals surface area contributed by atoms with Crippen LogP contribution in [0.3, 0.4) is 0 Å². The zero-order chi connectivity index (χ0) is 21.1. The third-order valence-corrected chi connectivity index (χ3v) is 6.83. The lowest BCUT2D eigenvalue weighted by atomic mass is 9.87. The molecule has 4 rings (SSSR count). The summed E-state index contributed by atoms with van der Waals surface area (Å²) in [5, 5.41) is 6.37. The highest BCUT2D eigenvalue weighted by Gasteiger charge is 2.37. The van der Waals surface area contributed by atoms with Crippen molar-refractivity contribution in [3.63, 3.8) is 0 Å². The molecule has 1 aromatic carbocycles. The second kappa shape index (κ2) is 9.22. The molecule has 160 valence electrons. The zero-order valence-electron chi connectivity index (χ0n) is 17.7. The van der Waals surface area contributed by atoms with Gasteiger partial charge in [0.05, 0.1) is 12.2 Å². The van der Waals surface area contributed by atoms with Crippen LogP contribution in [0, 0.1) is 6.92 Å². The van der Waals surface area contributed by atoms with E-state index < -0.39 is 0 Å². The van der Waals surface area contributed by atoms with E-state index in [4.69, 9.17) is 0 Å². The van der Waals surface area contributed by atoms with Crippen molar-refractivity contribution < 1.29 is 9.59 Å². The molecule has 0 N–H and O–H groups in total. The Kier molecular flexibility index (Phi) is 6.43. The molecular formula is C22H29N5O2S. The van der Waals surface area contributed by atoms with Gasteiger partial charge >= 0.3 is 0 Å². The van der Waals surface area contributed by atoms with Crippen molar-refractivity contribution in [2.75, 3.05) is 45.8 Å². The van der Waals surface area contributed by atoms with E-state index in [-0.39, 0.29) is 17.7 Å². The lowest BCUT2D eigenvalue weighted by Gasteiger charge is -2.24.